The second-order valence-corrected chi connectivity index (χ2v) is 5.21. The van der Waals surface area contributed by atoms with Gasteiger partial charge in [-0.05, 0) is 40.2 Å². The van der Waals surface area contributed by atoms with Crippen LogP contribution in [0.15, 0.2) is 0 Å². The largest absolute Gasteiger partial charge is 0.380 e. The average molecular weight is 286 g/mol. The maximum atomic E-state index is 12.7. The normalized spacial score (nSPS) is 22.8. The Morgan fingerprint density at radius 3 is 2.30 bits per heavy atom. The van der Waals surface area contributed by atoms with E-state index in [0.717, 1.165) is 19.4 Å². The van der Waals surface area contributed by atoms with Crippen molar-refractivity contribution < 1.29 is 14.3 Å². The maximum absolute atomic E-state index is 12.7. The Balaban J connectivity index is 2.51. The molecule has 1 heterocycles. The van der Waals surface area contributed by atoms with E-state index in [1.54, 1.807) is 0 Å². The Kier molecular flexibility index (Phi) is 8.82. The molecule has 1 aliphatic heterocycles. The van der Waals surface area contributed by atoms with Crippen LogP contribution in [0.4, 0.5) is 0 Å². The number of piperidine rings is 1. The Hall–Kier alpha value is -0.650. The van der Waals surface area contributed by atoms with Gasteiger partial charge in [0.2, 0.25) is 5.91 Å². The van der Waals surface area contributed by atoms with Crippen molar-refractivity contribution in [1.82, 2.24) is 10.2 Å². The summed E-state index contributed by atoms with van der Waals surface area (Å²) in [7, 11) is 0. The van der Waals surface area contributed by atoms with Gasteiger partial charge in [0.1, 0.15) is 0 Å². The second-order valence-electron chi connectivity index (χ2n) is 5.21. The Labute approximate surface area is 123 Å². The molecule has 1 amide bonds. The van der Waals surface area contributed by atoms with Crippen LogP contribution in [-0.2, 0) is 14.3 Å². The van der Waals surface area contributed by atoms with Crippen molar-refractivity contribution in [1.29, 1.82) is 0 Å². The number of hydrogen-bond acceptors (Lipinski definition) is 4. The minimum absolute atomic E-state index is 0.0898. The van der Waals surface area contributed by atoms with Gasteiger partial charge in [-0.2, -0.15) is 0 Å². The SMILES string of the molecule is CCOCCN(CCOCC)C(=O)C1CCCNC1C. The van der Waals surface area contributed by atoms with E-state index in [1.165, 1.54) is 0 Å². The van der Waals surface area contributed by atoms with Gasteiger partial charge in [-0.1, -0.05) is 0 Å². The molecule has 1 N–H and O–H groups in total. The van der Waals surface area contributed by atoms with Gasteiger partial charge in [-0.15, -0.1) is 0 Å². The number of carbonyl (C=O) groups is 1. The van der Waals surface area contributed by atoms with Crippen molar-refractivity contribution in [2.24, 2.45) is 5.92 Å². The van der Waals surface area contributed by atoms with E-state index < -0.39 is 0 Å². The topological polar surface area (TPSA) is 50.8 Å². The Bertz CT molecular complexity index is 264. The van der Waals surface area contributed by atoms with Crippen molar-refractivity contribution in [3.8, 4) is 0 Å². The van der Waals surface area contributed by atoms with E-state index in [2.05, 4.69) is 12.2 Å². The summed E-state index contributed by atoms with van der Waals surface area (Å²) in [6.07, 6.45) is 2.05. The smallest absolute Gasteiger partial charge is 0.227 e. The van der Waals surface area contributed by atoms with E-state index in [9.17, 15) is 4.79 Å². The van der Waals surface area contributed by atoms with Crippen LogP contribution in [0.5, 0.6) is 0 Å². The third kappa shape index (κ3) is 5.77. The minimum Gasteiger partial charge on any atom is -0.380 e. The first kappa shape index (κ1) is 17.4. The van der Waals surface area contributed by atoms with Crippen LogP contribution in [0.2, 0.25) is 0 Å². The molecule has 0 radical (unpaired) electrons. The third-order valence-electron chi connectivity index (χ3n) is 3.81. The molecular formula is C15H30N2O3. The molecule has 1 fully saturated rings. The van der Waals surface area contributed by atoms with Crippen LogP contribution in [0.25, 0.3) is 0 Å². The van der Waals surface area contributed by atoms with Gasteiger partial charge in [0.25, 0.3) is 0 Å². The van der Waals surface area contributed by atoms with Gasteiger partial charge in [0.15, 0.2) is 0 Å². The molecule has 0 aromatic heterocycles. The molecule has 1 saturated heterocycles. The van der Waals surface area contributed by atoms with Gasteiger partial charge < -0.3 is 19.7 Å². The molecule has 5 heteroatoms. The number of ether oxygens (including phenoxy) is 2. The average Bonchev–Trinajstić information content (AvgIpc) is 2.46. The van der Waals surface area contributed by atoms with E-state index in [1.807, 2.05) is 18.7 Å². The summed E-state index contributed by atoms with van der Waals surface area (Å²) in [5.41, 5.74) is 0. The summed E-state index contributed by atoms with van der Waals surface area (Å²) in [5.74, 6) is 0.330. The standard InChI is InChI=1S/C15H30N2O3/c1-4-19-11-9-17(10-12-20-5-2)15(18)14-7-6-8-16-13(14)3/h13-14,16H,4-12H2,1-3H3. The first-order chi connectivity index (χ1) is 9.70. The summed E-state index contributed by atoms with van der Waals surface area (Å²) < 4.78 is 10.8. The van der Waals surface area contributed by atoms with E-state index in [0.29, 0.717) is 39.5 Å². The van der Waals surface area contributed by atoms with Crippen molar-refractivity contribution in [2.75, 3.05) is 46.1 Å². The quantitative estimate of drug-likeness (QED) is 0.649. The summed E-state index contributed by atoms with van der Waals surface area (Å²) >= 11 is 0. The minimum atomic E-state index is 0.0898. The Morgan fingerprint density at radius 2 is 1.80 bits per heavy atom. The molecule has 20 heavy (non-hydrogen) atoms. The highest BCUT2D eigenvalue weighted by atomic mass is 16.5. The lowest BCUT2D eigenvalue weighted by atomic mass is 9.90. The van der Waals surface area contributed by atoms with Crippen LogP contribution in [-0.4, -0.2) is 62.9 Å². The lowest BCUT2D eigenvalue weighted by Gasteiger charge is -2.33. The molecule has 2 atom stereocenters. The van der Waals surface area contributed by atoms with Crippen molar-refractivity contribution in [2.45, 2.75) is 39.7 Å². The Morgan fingerprint density at radius 1 is 1.20 bits per heavy atom. The number of nitrogens with one attached hydrogen (secondary N) is 1. The number of nitrogens with zero attached hydrogens (tertiary/aromatic N) is 1. The monoisotopic (exact) mass is 286 g/mol. The molecule has 0 aliphatic carbocycles. The summed E-state index contributed by atoms with van der Waals surface area (Å²) in [6.45, 7) is 11.0. The van der Waals surface area contributed by atoms with Gasteiger partial charge in [-0.3, -0.25) is 4.79 Å². The highest BCUT2D eigenvalue weighted by Crippen LogP contribution is 2.19. The summed E-state index contributed by atoms with van der Waals surface area (Å²) in [5, 5.41) is 3.39. The lowest BCUT2D eigenvalue weighted by molar-refractivity contribution is -0.138. The van der Waals surface area contributed by atoms with Crippen molar-refractivity contribution in [3.63, 3.8) is 0 Å². The zero-order valence-corrected chi connectivity index (χ0v) is 13.2. The number of rotatable bonds is 9. The van der Waals surface area contributed by atoms with Crippen LogP contribution in [0, 0.1) is 5.92 Å². The van der Waals surface area contributed by atoms with Crippen molar-refractivity contribution >= 4 is 5.91 Å². The molecule has 0 spiro atoms. The molecule has 1 rings (SSSR count). The summed E-state index contributed by atoms with van der Waals surface area (Å²) in [6, 6.07) is 0.262. The molecule has 1 aliphatic rings. The van der Waals surface area contributed by atoms with Crippen molar-refractivity contribution in [3.05, 3.63) is 0 Å². The predicted molar refractivity (Wildman–Crippen MR) is 79.8 cm³/mol. The van der Waals surface area contributed by atoms with Gasteiger partial charge in [-0.25, -0.2) is 0 Å². The fourth-order valence-corrected chi connectivity index (χ4v) is 2.59. The number of amides is 1. The first-order valence-electron chi connectivity index (χ1n) is 7.88. The lowest BCUT2D eigenvalue weighted by Crippen LogP contribution is -2.49. The predicted octanol–water partition coefficient (Wildman–Crippen LogP) is 1.28. The highest BCUT2D eigenvalue weighted by molar-refractivity contribution is 5.79. The number of hydrogen-bond donors (Lipinski definition) is 1. The third-order valence-corrected chi connectivity index (χ3v) is 3.81. The van der Waals surface area contributed by atoms with E-state index >= 15 is 0 Å². The first-order valence-corrected chi connectivity index (χ1v) is 7.88. The molecule has 0 aromatic rings. The zero-order valence-electron chi connectivity index (χ0n) is 13.2. The molecule has 0 bridgehead atoms. The fourth-order valence-electron chi connectivity index (χ4n) is 2.59. The molecule has 0 saturated carbocycles. The zero-order chi connectivity index (χ0) is 14.8. The molecular weight excluding hydrogens is 256 g/mol. The second kappa shape index (κ2) is 10.1. The molecule has 5 nitrogen and oxygen atoms in total. The van der Waals surface area contributed by atoms with E-state index in [-0.39, 0.29) is 17.9 Å². The summed E-state index contributed by atoms with van der Waals surface area (Å²) in [4.78, 5) is 14.6. The van der Waals surface area contributed by atoms with Crippen LogP contribution < -0.4 is 5.32 Å². The van der Waals surface area contributed by atoms with Crippen LogP contribution in [0.1, 0.15) is 33.6 Å². The number of carbonyl (C=O) groups excluding carboxylic acids is 1. The van der Waals surface area contributed by atoms with Gasteiger partial charge in [0, 0.05) is 32.3 Å². The van der Waals surface area contributed by atoms with Crippen LogP contribution in [0.3, 0.4) is 0 Å². The van der Waals surface area contributed by atoms with E-state index in [4.69, 9.17) is 9.47 Å². The molecule has 0 aromatic carbocycles. The molecule has 118 valence electrons. The van der Waals surface area contributed by atoms with Gasteiger partial charge in [0.05, 0.1) is 19.1 Å². The van der Waals surface area contributed by atoms with Crippen LogP contribution >= 0.6 is 0 Å². The highest BCUT2D eigenvalue weighted by Gasteiger charge is 2.30. The fraction of sp³-hybridized carbons (Fsp3) is 0.933. The maximum Gasteiger partial charge on any atom is 0.227 e. The van der Waals surface area contributed by atoms with Gasteiger partial charge >= 0.3 is 0 Å². The molecule has 2 unspecified atom stereocenters.